The Morgan fingerprint density at radius 3 is 2.73 bits per heavy atom. The molecular weight excluding hydrogens is 446 g/mol. The van der Waals surface area contributed by atoms with E-state index < -0.39 is 0 Å². The van der Waals surface area contributed by atoms with Crippen molar-refractivity contribution in [3.05, 3.63) is 54.0 Å². The molecule has 1 heterocycles. The van der Waals surface area contributed by atoms with Crippen LogP contribution < -0.4 is 15.4 Å². The van der Waals surface area contributed by atoms with Crippen LogP contribution in [0.15, 0.2) is 47.6 Å². The Balaban J connectivity index is 0.00000338. The third-order valence-corrected chi connectivity index (χ3v) is 3.29. The van der Waals surface area contributed by atoms with Gasteiger partial charge in [0.1, 0.15) is 11.6 Å². The summed E-state index contributed by atoms with van der Waals surface area (Å²) in [4.78, 5) is 8.82. The highest BCUT2D eigenvalue weighted by Crippen LogP contribution is 2.23. The highest BCUT2D eigenvalue weighted by molar-refractivity contribution is 14.0. The Labute approximate surface area is 171 Å². The lowest BCUT2D eigenvalue weighted by Gasteiger charge is -2.13. The summed E-state index contributed by atoms with van der Waals surface area (Å²) in [7, 11) is 0. The van der Waals surface area contributed by atoms with Crippen LogP contribution in [-0.2, 0) is 6.54 Å². The van der Waals surface area contributed by atoms with E-state index in [-0.39, 0.29) is 29.8 Å². The quantitative estimate of drug-likeness (QED) is 0.358. The molecule has 2 aromatic rings. The summed E-state index contributed by atoms with van der Waals surface area (Å²) >= 11 is 0. The zero-order chi connectivity index (χ0) is 18.1. The molecule has 0 saturated carbocycles. The third kappa shape index (κ3) is 7.55. The number of rotatable bonds is 7. The molecule has 26 heavy (non-hydrogen) atoms. The number of guanidine groups is 1. The molecule has 0 bridgehead atoms. The van der Waals surface area contributed by atoms with Crippen LogP contribution in [0.1, 0.15) is 26.3 Å². The van der Waals surface area contributed by atoms with Crippen LogP contribution in [0, 0.1) is 11.7 Å². The van der Waals surface area contributed by atoms with E-state index in [0.717, 1.165) is 24.6 Å². The van der Waals surface area contributed by atoms with Gasteiger partial charge in [0.25, 0.3) is 0 Å². The second-order valence-corrected chi connectivity index (χ2v) is 6.00. The van der Waals surface area contributed by atoms with Crippen LogP contribution in [-0.4, -0.2) is 24.0 Å². The minimum Gasteiger partial charge on any atom is -0.439 e. The van der Waals surface area contributed by atoms with Crippen molar-refractivity contribution in [3.8, 4) is 11.6 Å². The maximum atomic E-state index is 13.3. The molecule has 0 atom stereocenters. The number of halogens is 2. The fourth-order valence-corrected chi connectivity index (χ4v) is 2.09. The van der Waals surface area contributed by atoms with Gasteiger partial charge < -0.3 is 15.4 Å². The van der Waals surface area contributed by atoms with Crippen LogP contribution in [0.4, 0.5) is 4.39 Å². The maximum Gasteiger partial charge on any atom is 0.224 e. The monoisotopic (exact) mass is 472 g/mol. The molecule has 0 aliphatic carbocycles. The minimum atomic E-state index is -0.347. The second-order valence-electron chi connectivity index (χ2n) is 6.00. The zero-order valence-corrected chi connectivity index (χ0v) is 17.7. The van der Waals surface area contributed by atoms with Crippen molar-refractivity contribution in [1.29, 1.82) is 0 Å². The van der Waals surface area contributed by atoms with Crippen molar-refractivity contribution in [2.45, 2.75) is 27.3 Å². The Morgan fingerprint density at radius 2 is 2.04 bits per heavy atom. The number of nitrogens with zero attached hydrogens (tertiary/aromatic N) is 2. The molecule has 7 heteroatoms. The molecule has 0 radical (unpaired) electrons. The number of pyridine rings is 1. The van der Waals surface area contributed by atoms with E-state index in [2.05, 4.69) is 34.5 Å². The number of aliphatic imine (C=N–C) groups is 1. The summed E-state index contributed by atoms with van der Waals surface area (Å²) in [5, 5.41) is 6.51. The van der Waals surface area contributed by atoms with Gasteiger partial charge >= 0.3 is 0 Å². The molecule has 0 spiro atoms. The molecular formula is C19H26FIN4O. The molecule has 1 aromatic heterocycles. The first-order valence-corrected chi connectivity index (χ1v) is 8.48. The average Bonchev–Trinajstić information content (AvgIpc) is 2.58. The van der Waals surface area contributed by atoms with Gasteiger partial charge in [0.15, 0.2) is 5.96 Å². The maximum absolute atomic E-state index is 13.3. The topological polar surface area (TPSA) is 58.5 Å². The lowest BCUT2D eigenvalue weighted by molar-refractivity contribution is 0.452. The van der Waals surface area contributed by atoms with Gasteiger partial charge in [-0.25, -0.2) is 14.4 Å². The molecule has 5 nitrogen and oxygen atoms in total. The Morgan fingerprint density at radius 1 is 1.23 bits per heavy atom. The number of ether oxygens (including phenoxy) is 1. The van der Waals surface area contributed by atoms with Gasteiger partial charge in [-0.2, -0.15) is 0 Å². The Kier molecular flexibility index (Phi) is 9.93. The molecule has 0 aliphatic heterocycles. The predicted molar refractivity (Wildman–Crippen MR) is 114 cm³/mol. The summed E-state index contributed by atoms with van der Waals surface area (Å²) in [5.74, 6) is 1.76. The third-order valence-electron chi connectivity index (χ3n) is 3.29. The van der Waals surface area contributed by atoms with E-state index >= 15 is 0 Å². The lowest BCUT2D eigenvalue weighted by atomic mass is 10.2. The molecule has 0 saturated heterocycles. The number of hydrogen-bond donors (Lipinski definition) is 2. The van der Waals surface area contributed by atoms with Gasteiger partial charge in [-0.05, 0) is 31.0 Å². The normalized spacial score (nSPS) is 11.0. The average molecular weight is 472 g/mol. The van der Waals surface area contributed by atoms with E-state index in [1.165, 1.54) is 12.1 Å². The molecule has 0 amide bonds. The van der Waals surface area contributed by atoms with Crippen molar-refractivity contribution in [2.24, 2.45) is 10.9 Å². The van der Waals surface area contributed by atoms with E-state index in [4.69, 9.17) is 4.74 Å². The molecule has 142 valence electrons. The Hall–Kier alpha value is -1.90. The largest absolute Gasteiger partial charge is 0.439 e. The predicted octanol–water partition coefficient (Wildman–Crippen LogP) is 4.34. The molecule has 0 fully saturated rings. The standard InChI is InChI=1S/C19H25FN4O.HI/c1-4-21-19(23-12-14(2)3)24-13-15-7-6-10-22-18(15)25-17-9-5-8-16(20)11-17;/h5-11,14H,4,12-13H2,1-3H3,(H2,21,23,24);1H. The van der Waals surface area contributed by atoms with Crippen molar-refractivity contribution < 1.29 is 9.13 Å². The number of nitrogens with one attached hydrogen (secondary N) is 2. The van der Waals surface area contributed by atoms with Gasteiger partial charge in [0.2, 0.25) is 5.88 Å². The first kappa shape index (κ1) is 22.1. The number of hydrogen-bond acceptors (Lipinski definition) is 3. The van der Waals surface area contributed by atoms with Crippen LogP contribution in [0.5, 0.6) is 11.6 Å². The van der Waals surface area contributed by atoms with Gasteiger partial charge in [-0.15, -0.1) is 24.0 Å². The van der Waals surface area contributed by atoms with Crippen molar-refractivity contribution in [2.75, 3.05) is 13.1 Å². The molecule has 0 aliphatic rings. The van der Waals surface area contributed by atoms with Crippen LogP contribution in [0.2, 0.25) is 0 Å². The first-order chi connectivity index (χ1) is 12.1. The minimum absolute atomic E-state index is 0. The molecule has 0 unspecified atom stereocenters. The van der Waals surface area contributed by atoms with Crippen LogP contribution in [0.25, 0.3) is 0 Å². The summed E-state index contributed by atoms with van der Waals surface area (Å²) in [6, 6.07) is 9.73. The highest BCUT2D eigenvalue weighted by atomic mass is 127. The second kappa shape index (κ2) is 11.7. The first-order valence-electron chi connectivity index (χ1n) is 8.48. The van der Waals surface area contributed by atoms with Crippen LogP contribution in [0.3, 0.4) is 0 Å². The van der Waals surface area contributed by atoms with Gasteiger partial charge in [-0.1, -0.05) is 26.0 Å². The van der Waals surface area contributed by atoms with Gasteiger partial charge in [0.05, 0.1) is 6.54 Å². The van der Waals surface area contributed by atoms with Gasteiger partial charge in [-0.3, -0.25) is 0 Å². The van der Waals surface area contributed by atoms with Crippen molar-refractivity contribution >= 4 is 29.9 Å². The summed E-state index contributed by atoms with van der Waals surface area (Å²) in [6.07, 6.45) is 1.64. The summed E-state index contributed by atoms with van der Waals surface area (Å²) < 4.78 is 19.0. The van der Waals surface area contributed by atoms with Crippen LogP contribution >= 0.6 is 24.0 Å². The van der Waals surface area contributed by atoms with E-state index in [9.17, 15) is 4.39 Å². The fourth-order valence-electron chi connectivity index (χ4n) is 2.09. The lowest BCUT2D eigenvalue weighted by Crippen LogP contribution is -2.39. The fraction of sp³-hybridized carbons (Fsp3) is 0.368. The molecule has 2 rings (SSSR count). The van der Waals surface area contributed by atoms with E-state index in [1.807, 2.05) is 19.1 Å². The number of benzene rings is 1. The van der Waals surface area contributed by atoms with Crippen molar-refractivity contribution in [1.82, 2.24) is 15.6 Å². The van der Waals surface area contributed by atoms with Gasteiger partial charge in [0, 0.05) is 30.9 Å². The summed E-state index contributed by atoms with van der Waals surface area (Å²) in [6.45, 7) is 8.33. The van der Waals surface area contributed by atoms with E-state index in [0.29, 0.717) is 24.1 Å². The van der Waals surface area contributed by atoms with Crippen molar-refractivity contribution in [3.63, 3.8) is 0 Å². The number of aromatic nitrogens is 1. The highest BCUT2D eigenvalue weighted by Gasteiger charge is 2.07. The van der Waals surface area contributed by atoms with E-state index in [1.54, 1.807) is 18.3 Å². The smallest absolute Gasteiger partial charge is 0.224 e. The molecule has 1 aromatic carbocycles. The SMILES string of the molecule is CCNC(=NCc1cccnc1Oc1cccc(F)c1)NCC(C)C.I. The Bertz CT molecular complexity index is 709. The zero-order valence-electron chi connectivity index (χ0n) is 15.3. The molecule has 2 N–H and O–H groups in total. The summed E-state index contributed by atoms with van der Waals surface area (Å²) in [5.41, 5.74) is 0.827.